The van der Waals surface area contributed by atoms with Crippen LogP contribution in [0.5, 0.6) is 0 Å². The van der Waals surface area contributed by atoms with Gasteiger partial charge in [0.15, 0.2) is 0 Å². The van der Waals surface area contributed by atoms with E-state index in [4.69, 9.17) is 11.6 Å². The Bertz CT molecular complexity index is 1400. The topological polar surface area (TPSA) is 133 Å². The Labute approximate surface area is 212 Å². The maximum atomic E-state index is 13.0. The molecular formula is C25H25ClN6O4. The van der Waals surface area contributed by atoms with E-state index in [1.165, 1.54) is 0 Å². The highest BCUT2D eigenvalue weighted by molar-refractivity contribution is 6.36. The van der Waals surface area contributed by atoms with Gasteiger partial charge in [0.05, 0.1) is 29.5 Å². The number of nitrogens with zero attached hydrogens (tertiary/aromatic N) is 2. The van der Waals surface area contributed by atoms with Crippen molar-refractivity contribution in [2.45, 2.75) is 20.0 Å². The smallest absolute Gasteiger partial charge is 0.256 e. The fraction of sp³-hybridized carbons (Fsp3) is 0.200. The number of carbonyl (C=O) groups excluding carboxylic acids is 2. The van der Waals surface area contributed by atoms with Crippen molar-refractivity contribution in [2.24, 2.45) is 0 Å². The zero-order chi connectivity index (χ0) is 25.6. The van der Waals surface area contributed by atoms with Crippen LogP contribution in [-0.2, 0) is 4.79 Å². The summed E-state index contributed by atoms with van der Waals surface area (Å²) >= 11 is 6.12. The average molecular weight is 509 g/mol. The number of halogens is 1. The van der Waals surface area contributed by atoms with Crippen LogP contribution in [0.1, 0.15) is 32.9 Å². The number of anilines is 3. The van der Waals surface area contributed by atoms with Crippen molar-refractivity contribution in [3.05, 3.63) is 75.6 Å². The van der Waals surface area contributed by atoms with Crippen LogP contribution in [0.3, 0.4) is 0 Å². The molecule has 3 aromatic rings. The van der Waals surface area contributed by atoms with Crippen molar-refractivity contribution in [1.29, 1.82) is 0 Å². The number of aromatic amines is 1. The number of fused-ring (bicyclic) bond motifs is 2. The zero-order valence-corrected chi connectivity index (χ0v) is 20.3. The summed E-state index contributed by atoms with van der Waals surface area (Å²) in [7, 11) is 0. The summed E-state index contributed by atoms with van der Waals surface area (Å²) in [4.78, 5) is 28.7. The monoisotopic (exact) mass is 508 g/mol. The number of rotatable bonds is 6. The Morgan fingerprint density at radius 1 is 1.19 bits per heavy atom. The first kappa shape index (κ1) is 23.9. The zero-order valence-electron chi connectivity index (χ0n) is 19.6. The number of hydrogen-bond donors (Lipinski definition) is 6. The van der Waals surface area contributed by atoms with Gasteiger partial charge in [-0.2, -0.15) is 5.17 Å². The highest BCUT2D eigenvalue weighted by Crippen LogP contribution is 2.36. The van der Waals surface area contributed by atoms with Gasteiger partial charge in [-0.25, -0.2) is 0 Å². The molecule has 0 saturated carbocycles. The number of benzene rings is 2. The number of aliphatic hydroxyl groups is 1. The van der Waals surface area contributed by atoms with E-state index >= 15 is 0 Å². The van der Waals surface area contributed by atoms with Crippen molar-refractivity contribution < 1.29 is 19.9 Å². The molecule has 0 spiro atoms. The van der Waals surface area contributed by atoms with E-state index in [2.05, 4.69) is 21.2 Å². The van der Waals surface area contributed by atoms with Crippen LogP contribution in [-0.4, -0.2) is 46.3 Å². The summed E-state index contributed by atoms with van der Waals surface area (Å²) in [6, 6.07) is 12.4. The maximum Gasteiger partial charge on any atom is 0.256 e. The molecule has 1 aromatic heterocycles. The second kappa shape index (κ2) is 9.32. The lowest BCUT2D eigenvalue weighted by Gasteiger charge is -2.22. The lowest BCUT2D eigenvalue weighted by Crippen LogP contribution is -2.48. The van der Waals surface area contributed by atoms with E-state index in [-0.39, 0.29) is 24.9 Å². The molecule has 5 rings (SSSR count). The quantitative estimate of drug-likeness (QED) is 0.282. The number of amides is 2. The molecule has 2 aromatic carbocycles. The first-order valence-corrected chi connectivity index (χ1v) is 11.7. The molecule has 1 unspecified atom stereocenters. The Kier molecular flexibility index (Phi) is 6.19. The third-order valence-corrected chi connectivity index (χ3v) is 6.50. The van der Waals surface area contributed by atoms with Crippen molar-refractivity contribution >= 4 is 52.1 Å². The standard InChI is InChI=1S/C25H25ClN6O4/c1-13-20(10-18-17-9-15(26)7-8-19(17)29-24(18)34)28-14(2)23(13)25(35)27-11-16(33)12-31-21-5-3-4-6-22(21)32(36)30-31/h3-10,16,28,30,33,36H,11-12H2,1-2H3,(H,27,35)(H,29,34). The highest BCUT2D eigenvalue weighted by atomic mass is 35.5. The molecule has 1 atom stereocenters. The van der Waals surface area contributed by atoms with Crippen LogP contribution in [0, 0.1) is 13.8 Å². The molecule has 6 N–H and O–H groups in total. The molecule has 36 heavy (non-hydrogen) atoms. The molecule has 2 aliphatic heterocycles. The number of aliphatic hydroxyl groups excluding tert-OH is 1. The van der Waals surface area contributed by atoms with Gasteiger partial charge in [-0.05, 0) is 55.8 Å². The Morgan fingerprint density at radius 2 is 1.94 bits per heavy atom. The second-order valence-corrected chi connectivity index (χ2v) is 9.18. The van der Waals surface area contributed by atoms with Gasteiger partial charge >= 0.3 is 0 Å². The maximum absolute atomic E-state index is 13.0. The Morgan fingerprint density at radius 3 is 2.72 bits per heavy atom. The summed E-state index contributed by atoms with van der Waals surface area (Å²) in [5.41, 5.74) is 8.25. The van der Waals surface area contributed by atoms with Gasteiger partial charge in [0.25, 0.3) is 11.8 Å². The molecule has 0 bridgehead atoms. The largest absolute Gasteiger partial charge is 0.389 e. The molecule has 2 aliphatic rings. The third kappa shape index (κ3) is 4.31. The molecule has 186 valence electrons. The number of β-amino-alcohol motifs (C(OH)–C–C–N with tert-alkyl or cyclic N) is 1. The second-order valence-electron chi connectivity index (χ2n) is 8.74. The minimum atomic E-state index is -0.911. The fourth-order valence-corrected chi connectivity index (χ4v) is 4.69. The molecule has 0 radical (unpaired) electrons. The number of hydrazine groups is 2. The lowest BCUT2D eigenvalue weighted by molar-refractivity contribution is -0.110. The van der Waals surface area contributed by atoms with Gasteiger partial charge < -0.3 is 20.7 Å². The van der Waals surface area contributed by atoms with Crippen molar-refractivity contribution in [3.63, 3.8) is 0 Å². The van der Waals surface area contributed by atoms with Gasteiger partial charge in [0, 0.05) is 34.2 Å². The van der Waals surface area contributed by atoms with Crippen molar-refractivity contribution in [2.75, 3.05) is 28.6 Å². The van der Waals surface area contributed by atoms with Gasteiger partial charge in [0.1, 0.15) is 5.69 Å². The number of H-pyrrole nitrogens is 1. The van der Waals surface area contributed by atoms with Gasteiger partial charge in [-0.1, -0.05) is 23.7 Å². The van der Waals surface area contributed by atoms with E-state index in [1.807, 2.05) is 12.1 Å². The van der Waals surface area contributed by atoms with Gasteiger partial charge in [-0.15, -0.1) is 5.53 Å². The number of para-hydroxylation sites is 2. The summed E-state index contributed by atoms with van der Waals surface area (Å²) in [6.07, 6.45) is 0.799. The van der Waals surface area contributed by atoms with Crippen LogP contribution in [0.25, 0.3) is 11.6 Å². The van der Waals surface area contributed by atoms with Crippen LogP contribution in [0.15, 0.2) is 42.5 Å². The normalized spacial score (nSPS) is 16.2. The van der Waals surface area contributed by atoms with Crippen LogP contribution < -0.4 is 26.3 Å². The number of nitrogens with one attached hydrogen (secondary N) is 4. The first-order chi connectivity index (χ1) is 17.2. The SMILES string of the molecule is Cc1[nH]c(C=C2C(=O)Nc3ccc(Cl)cc32)c(C)c1C(=O)NCC(O)CN1NN(O)c2ccccc21. The number of carbonyl (C=O) groups is 2. The van der Waals surface area contributed by atoms with Crippen LogP contribution in [0.4, 0.5) is 17.1 Å². The Hall–Kier alpha value is -3.83. The fourth-order valence-electron chi connectivity index (χ4n) is 4.51. The average Bonchev–Trinajstić information content (AvgIpc) is 3.43. The Balaban J connectivity index is 1.28. The van der Waals surface area contributed by atoms with E-state index in [0.29, 0.717) is 55.7 Å². The number of aryl methyl sites for hydroxylation is 1. The first-order valence-electron chi connectivity index (χ1n) is 11.3. The van der Waals surface area contributed by atoms with Crippen LogP contribution >= 0.6 is 11.6 Å². The molecule has 10 nitrogen and oxygen atoms in total. The van der Waals surface area contributed by atoms with E-state index in [0.717, 1.165) is 5.17 Å². The minimum Gasteiger partial charge on any atom is -0.389 e. The molecule has 0 fully saturated rings. The molecule has 3 heterocycles. The molecule has 0 saturated heterocycles. The third-order valence-electron chi connectivity index (χ3n) is 6.26. The number of hydrogen-bond acceptors (Lipinski definition) is 7. The predicted molar refractivity (Wildman–Crippen MR) is 138 cm³/mol. The lowest BCUT2D eigenvalue weighted by atomic mass is 10.0. The van der Waals surface area contributed by atoms with E-state index in [1.54, 1.807) is 55.3 Å². The van der Waals surface area contributed by atoms with Gasteiger partial charge in [-0.3, -0.25) is 19.8 Å². The minimum absolute atomic E-state index is 0.000623. The van der Waals surface area contributed by atoms with Crippen molar-refractivity contribution in [3.8, 4) is 0 Å². The predicted octanol–water partition coefficient (Wildman–Crippen LogP) is 3.00. The summed E-state index contributed by atoms with van der Waals surface area (Å²) in [5, 5.41) is 29.1. The van der Waals surface area contributed by atoms with E-state index < -0.39 is 6.10 Å². The summed E-state index contributed by atoms with van der Waals surface area (Å²) in [5.74, 6) is -0.589. The van der Waals surface area contributed by atoms with Crippen molar-refractivity contribution in [1.82, 2.24) is 15.8 Å². The molecule has 0 aliphatic carbocycles. The summed E-state index contributed by atoms with van der Waals surface area (Å²) in [6.45, 7) is 3.71. The number of aromatic nitrogens is 1. The molecule has 2 amide bonds. The summed E-state index contributed by atoms with van der Waals surface area (Å²) < 4.78 is 0. The van der Waals surface area contributed by atoms with Gasteiger partial charge in [0.2, 0.25) is 0 Å². The highest BCUT2D eigenvalue weighted by Gasteiger charge is 2.28. The molecule has 11 heteroatoms. The van der Waals surface area contributed by atoms with E-state index in [9.17, 15) is 19.9 Å². The molecular weight excluding hydrogens is 484 g/mol. The van der Waals surface area contributed by atoms with Crippen LogP contribution in [0.2, 0.25) is 5.02 Å².